The number of nitrogens with zero attached hydrogens (tertiary/aromatic N) is 1. The number of amides is 1. The van der Waals surface area contributed by atoms with E-state index in [-0.39, 0.29) is 17.1 Å². The Morgan fingerprint density at radius 2 is 2.10 bits per heavy atom. The summed E-state index contributed by atoms with van der Waals surface area (Å²) in [6, 6.07) is 11.9. The molecule has 0 N–H and O–H groups in total. The van der Waals surface area contributed by atoms with Crippen molar-refractivity contribution in [1.29, 1.82) is 0 Å². The van der Waals surface area contributed by atoms with Crippen LogP contribution in [-0.2, 0) is 4.79 Å². The van der Waals surface area contributed by atoms with Crippen LogP contribution in [0.4, 0.5) is 10.1 Å². The van der Waals surface area contributed by atoms with Crippen molar-refractivity contribution in [3.63, 3.8) is 0 Å². The lowest BCUT2D eigenvalue weighted by atomic mass is 10.1. The second-order valence-electron chi connectivity index (χ2n) is 4.92. The Bertz CT molecular complexity index is 706. The molecule has 5 heteroatoms. The number of benzene rings is 2. The average Bonchev–Trinajstić information content (AvgIpc) is 2.84. The minimum atomic E-state index is -0.297. The lowest BCUT2D eigenvalue weighted by molar-refractivity contribution is -0.115. The fourth-order valence-corrected chi connectivity index (χ4v) is 3.68. The van der Waals surface area contributed by atoms with Gasteiger partial charge in [0.15, 0.2) is 0 Å². The van der Waals surface area contributed by atoms with E-state index in [0.29, 0.717) is 10.8 Å². The molecule has 0 bridgehead atoms. The van der Waals surface area contributed by atoms with E-state index in [1.165, 1.54) is 23.9 Å². The minimum absolute atomic E-state index is 0.00850. The summed E-state index contributed by atoms with van der Waals surface area (Å²) in [7, 11) is 0. The van der Waals surface area contributed by atoms with Crippen molar-refractivity contribution in [2.24, 2.45) is 0 Å². The van der Waals surface area contributed by atoms with Gasteiger partial charge in [0.2, 0.25) is 5.91 Å². The first kappa shape index (κ1) is 14.4. The van der Waals surface area contributed by atoms with E-state index in [1.54, 1.807) is 17.0 Å². The number of carbonyl (C=O) groups excluding carboxylic acids is 1. The van der Waals surface area contributed by atoms with Gasteiger partial charge < -0.3 is 0 Å². The van der Waals surface area contributed by atoms with Crippen LogP contribution in [0.15, 0.2) is 42.5 Å². The van der Waals surface area contributed by atoms with Crippen molar-refractivity contribution in [3.05, 3.63) is 64.4 Å². The third-order valence-corrected chi connectivity index (χ3v) is 5.05. The zero-order chi connectivity index (χ0) is 15.0. The molecule has 21 heavy (non-hydrogen) atoms. The molecule has 2 aromatic rings. The van der Waals surface area contributed by atoms with Crippen molar-refractivity contribution in [2.75, 3.05) is 10.7 Å². The van der Waals surface area contributed by atoms with Crippen LogP contribution in [0.5, 0.6) is 0 Å². The fourth-order valence-electron chi connectivity index (χ4n) is 2.34. The fraction of sp³-hybridized carbons (Fsp3) is 0.188. The zero-order valence-corrected chi connectivity index (χ0v) is 12.9. The molecule has 108 valence electrons. The minimum Gasteiger partial charge on any atom is -0.295 e. The summed E-state index contributed by atoms with van der Waals surface area (Å²) in [6.45, 7) is 1.91. The Hall–Kier alpha value is -1.52. The molecule has 0 spiro atoms. The van der Waals surface area contributed by atoms with E-state index in [9.17, 15) is 9.18 Å². The Morgan fingerprint density at radius 1 is 1.29 bits per heavy atom. The van der Waals surface area contributed by atoms with Gasteiger partial charge in [-0.05, 0) is 42.3 Å². The number of aryl methyl sites for hydroxylation is 1. The normalized spacial score (nSPS) is 18.3. The maximum Gasteiger partial charge on any atom is 0.238 e. The number of thioether (sulfide) groups is 1. The van der Waals surface area contributed by atoms with Crippen molar-refractivity contribution in [3.8, 4) is 0 Å². The zero-order valence-electron chi connectivity index (χ0n) is 11.3. The molecule has 2 aromatic carbocycles. The highest BCUT2D eigenvalue weighted by Gasteiger charge is 2.34. The molecule has 0 unspecified atom stereocenters. The number of halogens is 2. The van der Waals surface area contributed by atoms with E-state index in [0.717, 1.165) is 16.8 Å². The van der Waals surface area contributed by atoms with Gasteiger partial charge in [-0.1, -0.05) is 29.8 Å². The highest BCUT2D eigenvalue weighted by molar-refractivity contribution is 8.00. The summed E-state index contributed by atoms with van der Waals surface area (Å²) in [4.78, 5) is 13.9. The molecule has 1 heterocycles. The van der Waals surface area contributed by atoms with Crippen LogP contribution in [0.2, 0.25) is 5.02 Å². The molecule has 1 aliphatic rings. The Kier molecular flexibility index (Phi) is 3.91. The topological polar surface area (TPSA) is 20.3 Å². The number of carbonyl (C=O) groups is 1. The van der Waals surface area contributed by atoms with Gasteiger partial charge in [0.25, 0.3) is 0 Å². The standard InChI is InChI=1S/C16H13ClFNOS/c1-10-5-6-13(8-14(10)17)19-15(20)9-21-16(19)11-3-2-4-12(18)7-11/h2-8,16H,9H2,1H3/t16-/m0/s1. The predicted octanol–water partition coefficient (Wildman–Crippen LogP) is 4.57. The van der Waals surface area contributed by atoms with Crippen molar-refractivity contribution in [2.45, 2.75) is 12.3 Å². The van der Waals surface area contributed by atoms with Gasteiger partial charge in [0, 0.05) is 10.7 Å². The van der Waals surface area contributed by atoms with Crippen molar-refractivity contribution < 1.29 is 9.18 Å². The van der Waals surface area contributed by atoms with Crippen molar-refractivity contribution in [1.82, 2.24) is 0 Å². The molecule has 3 rings (SSSR count). The molecule has 1 fully saturated rings. The first-order valence-electron chi connectivity index (χ1n) is 6.51. The lowest BCUT2D eigenvalue weighted by Gasteiger charge is -2.24. The average molecular weight is 322 g/mol. The van der Waals surface area contributed by atoms with Crippen LogP contribution in [-0.4, -0.2) is 11.7 Å². The molecule has 2 nitrogen and oxygen atoms in total. The van der Waals surface area contributed by atoms with E-state index in [2.05, 4.69) is 0 Å². The molecule has 0 aromatic heterocycles. The quantitative estimate of drug-likeness (QED) is 0.807. The largest absolute Gasteiger partial charge is 0.295 e. The lowest BCUT2D eigenvalue weighted by Crippen LogP contribution is -2.27. The summed E-state index contributed by atoms with van der Waals surface area (Å²) < 4.78 is 13.4. The van der Waals surface area contributed by atoms with Gasteiger partial charge >= 0.3 is 0 Å². The number of anilines is 1. The van der Waals surface area contributed by atoms with E-state index in [1.807, 2.05) is 25.1 Å². The van der Waals surface area contributed by atoms with E-state index < -0.39 is 0 Å². The first-order valence-corrected chi connectivity index (χ1v) is 7.94. The highest BCUT2D eigenvalue weighted by atomic mass is 35.5. The number of hydrogen-bond donors (Lipinski definition) is 0. The maximum atomic E-state index is 13.4. The molecule has 0 radical (unpaired) electrons. The van der Waals surface area contributed by atoms with Crippen molar-refractivity contribution >= 4 is 35.0 Å². The summed E-state index contributed by atoms with van der Waals surface area (Å²) in [6.07, 6.45) is 0. The Morgan fingerprint density at radius 3 is 2.81 bits per heavy atom. The van der Waals surface area contributed by atoms with Gasteiger partial charge in [-0.25, -0.2) is 4.39 Å². The Labute approximate surface area is 131 Å². The molecule has 1 amide bonds. The molecule has 0 aliphatic carbocycles. The molecule has 1 atom stereocenters. The van der Waals surface area contributed by atoms with E-state index >= 15 is 0 Å². The monoisotopic (exact) mass is 321 g/mol. The number of rotatable bonds is 2. The van der Waals surface area contributed by atoms with Gasteiger partial charge in [-0.15, -0.1) is 11.8 Å². The molecule has 0 saturated carbocycles. The van der Waals surface area contributed by atoms with Gasteiger partial charge in [0.05, 0.1) is 5.75 Å². The second kappa shape index (κ2) is 5.70. The molecular formula is C16H13ClFNOS. The molecular weight excluding hydrogens is 309 g/mol. The summed E-state index contributed by atoms with van der Waals surface area (Å²) in [5, 5.41) is 0.405. The summed E-state index contributed by atoms with van der Waals surface area (Å²) in [5.41, 5.74) is 2.49. The SMILES string of the molecule is Cc1ccc(N2C(=O)CS[C@H]2c2cccc(F)c2)cc1Cl. The van der Waals surface area contributed by atoms with E-state index in [4.69, 9.17) is 11.6 Å². The van der Waals surface area contributed by atoms with Crippen LogP contribution in [0.3, 0.4) is 0 Å². The van der Waals surface area contributed by atoms with Crippen LogP contribution in [0.25, 0.3) is 0 Å². The first-order chi connectivity index (χ1) is 10.1. The molecule has 1 aliphatic heterocycles. The molecule has 1 saturated heterocycles. The van der Waals surface area contributed by atoms with Gasteiger partial charge in [0.1, 0.15) is 11.2 Å². The third kappa shape index (κ3) is 2.78. The van der Waals surface area contributed by atoms with Crippen LogP contribution < -0.4 is 4.90 Å². The third-order valence-electron chi connectivity index (χ3n) is 3.44. The summed E-state index contributed by atoms with van der Waals surface area (Å²) in [5.74, 6) is 0.0932. The maximum absolute atomic E-state index is 13.4. The smallest absolute Gasteiger partial charge is 0.238 e. The highest BCUT2D eigenvalue weighted by Crippen LogP contribution is 2.42. The van der Waals surface area contributed by atoms with Crippen LogP contribution in [0.1, 0.15) is 16.5 Å². The van der Waals surface area contributed by atoms with Gasteiger partial charge in [-0.3, -0.25) is 9.69 Å². The van der Waals surface area contributed by atoms with Crippen LogP contribution >= 0.6 is 23.4 Å². The van der Waals surface area contributed by atoms with Gasteiger partial charge in [-0.2, -0.15) is 0 Å². The second-order valence-corrected chi connectivity index (χ2v) is 6.39. The predicted molar refractivity (Wildman–Crippen MR) is 85.3 cm³/mol. The number of hydrogen-bond acceptors (Lipinski definition) is 2. The van der Waals surface area contributed by atoms with Crippen LogP contribution in [0, 0.1) is 12.7 Å². The summed E-state index contributed by atoms with van der Waals surface area (Å²) >= 11 is 7.65. The Balaban J connectivity index is 2.01.